The van der Waals surface area contributed by atoms with E-state index in [1.165, 1.54) is 36.3 Å². The van der Waals surface area contributed by atoms with Gasteiger partial charge in [-0.3, -0.25) is 18.9 Å². The third-order valence-electron chi connectivity index (χ3n) is 5.52. The number of piperazine rings is 1. The third kappa shape index (κ3) is 3.06. The van der Waals surface area contributed by atoms with E-state index in [9.17, 15) is 9.59 Å². The normalized spacial score (nSPS) is 19.6. The van der Waals surface area contributed by atoms with Crippen LogP contribution >= 0.6 is 0 Å². The highest BCUT2D eigenvalue weighted by Gasteiger charge is 2.29. The van der Waals surface area contributed by atoms with Gasteiger partial charge >= 0.3 is 0 Å². The molecule has 0 atom stereocenters. The summed E-state index contributed by atoms with van der Waals surface area (Å²) in [5.41, 5.74) is 1.42. The van der Waals surface area contributed by atoms with Gasteiger partial charge in [0.15, 0.2) is 0 Å². The first-order chi connectivity index (χ1) is 12.1. The van der Waals surface area contributed by atoms with E-state index in [1.54, 1.807) is 17.2 Å². The maximum Gasteiger partial charge on any atom is 0.270 e. The number of hydrogen-bond donors (Lipinski definition) is 0. The summed E-state index contributed by atoms with van der Waals surface area (Å²) in [6.07, 6.45) is 8.37. The zero-order valence-electron chi connectivity index (χ0n) is 14.6. The molecule has 0 radical (unpaired) electrons. The summed E-state index contributed by atoms with van der Waals surface area (Å²) in [6, 6.07) is 4.39. The molecule has 6 heteroatoms. The van der Waals surface area contributed by atoms with Crippen molar-refractivity contribution in [3.63, 3.8) is 0 Å². The fourth-order valence-electron chi connectivity index (χ4n) is 4.06. The Hall–Kier alpha value is -2.21. The molecule has 2 aromatic heterocycles. The number of nitrogens with zero attached hydrogens (tertiary/aromatic N) is 4. The predicted octanol–water partition coefficient (Wildman–Crippen LogP) is 1.70. The summed E-state index contributed by atoms with van der Waals surface area (Å²) < 4.78 is 1.47. The molecule has 0 spiro atoms. The van der Waals surface area contributed by atoms with Crippen LogP contribution in [0.3, 0.4) is 0 Å². The van der Waals surface area contributed by atoms with E-state index < -0.39 is 0 Å². The minimum atomic E-state index is -0.281. The molecule has 25 heavy (non-hydrogen) atoms. The largest absolute Gasteiger partial charge is 0.336 e. The van der Waals surface area contributed by atoms with Gasteiger partial charge < -0.3 is 4.90 Å². The third-order valence-corrected chi connectivity index (χ3v) is 5.52. The monoisotopic (exact) mass is 340 g/mol. The van der Waals surface area contributed by atoms with Gasteiger partial charge in [0.05, 0.1) is 0 Å². The fourth-order valence-corrected chi connectivity index (χ4v) is 4.06. The van der Waals surface area contributed by atoms with Gasteiger partial charge in [-0.15, -0.1) is 0 Å². The van der Waals surface area contributed by atoms with Crippen LogP contribution in [0.5, 0.6) is 0 Å². The Morgan fingerprint density at radius 2 is 1.84 bits per heavy atom. The smallest absolute Gasteiger partial charge is 0.270 e. The molecule has 1 amide bonds. The van der Waals surface area contributed by atoms with Crippen LogP contribution in [0.4, 0.5) is 0 Å². The zero-order valence-corrected chi connectivity index (χ0v) is 14.6. The van der Waals surface area contributed by atoms with E-state index in [4.69, 9.17) is 0 Å². The lowest BCUT2D eigenvalue weighted by atomic mass is 10.1. The first-order valence-electron chi connectivity index (χ1n) is 9.15. The lowest BCUT2D eigenvalue weighted by Gasteiger charge is -2.38. The Balaban J connectivity index is 1.52. The highest BCUT2D eigenvalue weighted by Crippen LogP contribution is 2.24. The minimum absolute atomic E-state index is 0.164. The van der Waals surface area contributed by atoms with Crippen LogP contribution in [-0.2, 0) is 0 Å². The lowest BCUT2D eigenvalue weighted by Crippen LogP contribution is -2.52. The number of rotatable bonds is 2. The molecule has 1 saturated carbocycles. The number of pyridine rings is 1. The number of aromatic nitrogens is 2. The van der Waals surface area contributed by atoms with E-state index in [1.807, 2.05) is 13.0 Å². The molecule has 6 nitrogen and oxygen atoms in total. The van der Waals surface area contributed by atoms with Crippen molar-refractivity contribution < 1.29 is 4.79 Å². The van der Waals surface area contributed by atoms with Crippen LogP contribution in [0, 0.1) is 6.92 Å². The van der Waals surface area contributed by atoms with Crippen LogP contribution in [0.15, 0.2) is 29.3 Å². The Bertz CT molecular complexity index is 846. The average Bonchev–Trinajstić information content (AvgIpc) is 3.17. The summed E-state index contributed by atoms with van der Waals surface area (Å²) in [5.74, 6) is -0.195. The Morgan fingerprint density at radius 1 is 1.12 bits per heavy atom. The molecule has 1 aliphatic heterocycles. The zero-order chi connectivity index (χ0) is 17.4. The average molecular weight is 340 g/mol. The van der Waals surface area contributed by atoms with E-state index in [-0.39, 0.29) is 17.0 Å². The molecular formula is C19H24N4O2. The van der Waals surface area contributed by atoms with Crippen LogP contribution in [0.2, 0.25) is 0 Å². The molecule has 132 valence electrons. The Kier molecular flexibility index (Phi) is 4.29. The Labute approximate surface area is 147 Å². The van der Waals surface area contributed by atoms with Crippen molar-refractivity contribution in [2.45, 2.75) is 38.6 Å². The van der Waals surface area contributed by atoms with Gasteiger partial charge in [0.1, 0.15) is 11.2 Å². The van der Waals surface area contributed by atoms with Crippen LogP contribution < -0.4 is 5.56 Å². The van der Waals surface area contributed by atoms with Gasteiger partial charge in [-0.2, -0.15) is 0 Å². The van der Waals surface area contributed by atoms with Gasteiger partial charge in [0, 0.05) is 44.6 Å². The molecule has 4 rings (SSSR count). The van der Waals surface area contributed by atoms with Gasteiger partial charge in [-0.05, 0) is 31.4 Å². The molecule has 2 aromatic rings. The molecule has 1 saturated heterocycles. The highest BCUT2D eigenvalue weighted by atomic mass is 16.2. The molecule has 2 fully saturated rings. The summed E-state index contributed by atoms with van der Waals surface area (Å²) >= 11 is 0. The molecule has 0 aromatic carbocycles. The van der Waals surface area contributed by atoms with Gasteiger partial charge in [-0.25, -0.2) is 4.98 Å². The second kappa shape index (κ2) is 6.59. The topological polar surface area (TPSA) is 57.9 Å². The van der Waals surface area contributed by atoms with Crippen molar-refractivity contribution in [3.05, 3.63) is 46.0 Å². The fraction of sp³-hybridized carbons (Fsp3) is 0.526. The van der Waals surface area contributed by atoms with E-state index in [2.05, 4.69) is 9.88 Å². The number of amides is 1. The summed E-state index contributed by atoms with van der Waals surface area (Å²) in [7, 11) is 0. The number of hydrogen-bond acceptors (Lipinski definition) is 4. The Morgan fingerprint density at radius 3 is 2.56 bits per heavy atom. The van der Waals surface area contributed by atoms with Gasteiger partial charge in [0.25, 0.3) is 11.5 Å². The standard InChI is InChI=1S/C19H24N4O2/c1-14-6-7-17-20-12-16(19(25)23(17)13-14)18(24)22-10-8-21(9-11-22)15-4-2-3-5-15/h6-7,12-13,15H,2-5,8-11H2,1H3. The molecule has 1 aliphatic carbocycles. The maximum absolute atomic E-state index is 12.8. The van der Waals surface area contributed by atoms with E-state index in [0.29, 0.717) is 24.8 Å². The molecule has 0 N–H and O–H groups in total. The highest BCUT2D eigenvalue weighted by molar-refractivity contribution is 5.93. The molecule has 0 bridgehead atoms. The second-order valence-electron chi connectivity index (χ2n) is 7.18. The number of carbonyl (C=O) groups is 1. The number of aryl methyl sites for hydroxylation is 1. The van der Waals surface area contributed by atoms with E-state index >= 15 is 0 Å². The summed E-state index contributed by atoms with van der Waals surface area (Å²) in [6.45, 7) is 5.09. The molecular weight excluding hydrogens is 316 g/mol. The summed E-state index contributed by atoms with van der Waals surface area (Å²) in [5, 5.41) is 0. The number of carbonyl (C=O) groups excluding carboxylic acids is 1. The molecule has 2 aliphatic rings. The van der Waals surface area contributed by atoms with Crippen LogP contribution in [0.1, 0.15) is 41.6 Å². The van der Waals surface area contributed by atoms with Crippen molar-refractivity contribution in [1.82, 2.24) is 19.2 Å². The van der Waals surface area contributed by atoms with E-state index in [0.717, 1.165) is 18.7 Å². The summed E-state index contributed by atoms with van der Waals surface area (Å²) in [4.78, 5) is 34.1. The number of fused-ring (bicyclic) bond motifs is 1. The predicted molar refractivity (Wildman–Crippen MR) is 95.9 cm³/mol. The van der Waals surface area contributed by atoms with Crippen molar-refractivity contribution in [2.75, 3.05) is 26.2 Å². The van der Waals surface area contributed by atoms with Crippen molar-refractivity contribution >= 4 is 11.6 Å². The molecule has 0 unspecified atom stereocenters. The second-order valence-corrected chi connectivity index (χ2v) is 7.18. The lowest BCUT2D eigenvalue weighted by molar-refractivity contribution is 0.0571. The van der Waals surface area contributed by atoms with Crippen LogP contribution in [0.25, 0.3) is 5.65 Å². The maximum atomic E-state index is 12.8. The SMILES string of the molecule is Cc1ccc2ncc(C(=O)N3CCN(C4CCCC4)CC3)c(=O)n2c1. The first-order valence-corrected chi connectivity index (χ1v) is 9.15. The van der Waals surface area contributed by atoms with Crippen molar-refractivity contribution in [1.29, 1.82) is 0 Å². The van der Waals surface area contributed by atoms with Crippen molar-refractivity contribution in [2.24, 2.45) is 0 Å². The molecule has 3 heterocycles. The first kappa shape index (κ1) is 16.3. The van der Waals surface area contributed by atoms with Crippen LogP contribution in [-0.4, -0.2) is 57.3 Å². The van der Waals surface area contributed by atoms with Gasteiger partial charge in [0.2, 0.25) is 0 Å². The quantitative estimate of drug-likeness (QED) is 0.835. The van der Waals surface area contributed by atoms with Crippen molar-refractivity contribution in [3.8, 4) is 0 Å². The minimum Gasteiger partial charge on any atom is -0.336 e. The van der Waals surface area contributed by atoms with Gasteiger partial charge in [-0.1, -0.05) is 18.9 Å².